The summed E-state index contributed by atoms with van der Waals surface area (Å²) in [5.41, 5.74) is 0. The van der Waals surface area contributed by atoms with Crippen molar-refractivity contribution >= 4 is 0 Å². The third kappa shape index (κ3) is 1.82. The Balaban J connectivity index is 1.86. The van der Waals surface area contributed by atoms with Gasteiger partial charge in [0.15, 0.2) is 0 Å². The van der Waals surface area contributed by atoms with Crippen LogP contribution in [0.5, 0.6) is 0 Å². The zero-order valence-corrected chi connectivity index (χ0v) is 7.08. The van der Waals surface area contributed by atoms with Gasteiger partial charge < -0.3 is 5.32 Å². The Kier molecular flexibility index (Phi) is 2.36. The summed E-state index contributed by atoms with van der Waals surface area (Å²) in [7, 11) is 0. The molecule has 2 heterocycles. The molecule has 2 rings (SSSR count). The van der Waals surface area contributed by atoms with E-state index in [9.17, 15) is 0 Å². The van der Waals surface area contributed by atoms with Crippen LogP contribution >= 0.6 is 0 Å². The minimum atomic E-state index is 0.742. The fourth-order valence-corrected chi connectivity index (χ4v) is 1.70. The van der Waals surface area contributed by atoms with E-state index in [1.165, 1.54) is 19.4 Å². The van der Waals surface area contributed by atoms with Crippen LogP contribution in [0.3, 0.4) is 0 Å². The van der Waals surface area contributed by atoms with Crippen LogP contribution in [0, 0.1) is 5.92 Å². The first-order valence-electron chi connectivity index (χ1n) is 4.50. The van der Waals surface area contributed by atoms with Crippen molar-refractivity contribution in [2.45, 2.75) is 19.3 Å². The topological polar surface area (TPSA) is 53.6 Å². The predicted molar refractivity (Wildman–Crippen MR) is 45.7 cm³/mol. The van der Waals surface area contributed by atoms with E-state index in [-0.39, 0.29) is 0 Å². The molecule has 66 valence electrons. The molecule has 0 aliphatic carbocycles. The van der Waals surface area contributed by atoms with E-state index in [2.05, 4.69) is 20.5 Å². The minimum absolute atomic E-state index is 0.742. The maximum absolute atomic E-state index is 4.12. The number of aromatic nitrogens is 3. The average Bonchev–Trinajstić information content (AvgIpc) is 2.59. The van der Waals surface area contributed by atoms with Gasteiger partial charge in [0, 0.05) is 6.42 Å². The Labute approximate surface area is 71.8 Å². The summed E-state index contributed by atoms with van der Waals surface area (Å²) in [4.78, 5) is 4.12. The van der Waals surface area contributed by atoms with Gasteiger partial charge in [0.2, 0.25) is 0 Å². The third-order valence-corrected chi connectivity index (χ3v) is 2.35. The number of rotatable bonds is 2. The molecule has 0 amide bonds. The summed E-state index contributed by atoms with van der Waals surface area (Å²) in [5, 5.41) is 10.1. The second-order valence-electron chi connectivity index (χ2n) is 3.35. The summed E-state index contributed by atoms with van der Waals surface area (Å²) in [6.07, 6.45) is 5.21. The van der Waals surface area contributed by atoms with Crippen LogP contribution in [0.4, 0.5) is 0 Å². The van der Waals surface area contributed by atoms with Crippen molar-refractivity contribution in [1.29, 1.82) is 0 Å². The fourth-order valence-electron chi connectivity index (χ4n) is 1.70. The zero-order valence-electron chi connectivity index (χ0n) is 7.08. The Morgan fingerprint density at radius 3 is 3.25 bits per heavy atom. The minimum Gasteiger partial charge on any atom is -0.316 e. The van der Waals surface area contributed by atoms with Crippen LogP contribution in [0.15, 0.2) is 6.33 Å². The van der Waals surface area contributed by atoms with E-state index in [1.54, 1.807) is 6.33 Å². The number of H-pyrrole nitrogens is 1. The van der Waals surface area contributed by atoms with Gasteiger partial charge in [-0.25, -0.2) is 4.98 Å². The second-order valence-corrected chi connectivity index (χ2v) is 3.35. The molecule has 0 radical (unpaired) electrons. The summed E-state index contributed by atoms with van der Waals surface area (Å²) in [6.45, 7) is 2.30. The quantitative estimate of drug-likeness (QED) is 0.666. The highest BCUT2D eigenvalue weighted by atomic mass is 15.2. The van der Waals surface area contributed by atoms with Crippen molar-refractivity contribution in [1.82, 2.24) is 20.5 Å². The smallest absolute Gasteiger partial charge is 0.137 e. The van der Waals surface area contributed by atoms with E-state index < -0.39 is 0 Å². The van der Waals surface area contributed by atoms with E-state index in [1.807, 2.05) is 0 Å². The van der Waals surface area contributed by atoms with Crippen LogP contribution in [0.25, 0.3) is 0 Å². The lowest BCUT2D eigenvalue weighted by atomic mass is 9.96. The van der Waals surface area contributed by atoms with Crippen LogP contribution in [-0.2, 0) is 6.42 Å². The van der Waals surface area contributed by atoms with Crippen molar-refractivity contribution in [3.05, 3.63) is 12.2 Å². The highest BCUT2D eigenvalue weighted by molar-refractivity contribution is 4.85. The molecule has 1 aromatic rings. The predicted octanol–water partition coefficient (Wildman–Crippen LogP) is 0.347. The van der Waals surface area contributed by atoms with Crippen molar-refractivity contribution in [2.24, 2.45) is 5.92 Å². The first-order valence-corrected chi connectivity index (χ1v) is 4.50. The van der Waals surface area contributed by atoms with Gasteiger partial charge in [-0.15, -0.1) is 0 Å². The summed E-state index contributed by atoms with van der Waals surface area (Å²) in [5.74, 6) is 1.76. The first-order chi connectivity index (χ1) is 5.95. The van der Waals surface area contributed by atoms with Gasteiger partial charge in [0.05, 0.1) is 0 Å². The number of nitrogens with one attached hydrogen (secondary N) is 2. The zero-order chi connectivity index (χ0) is 8.23. The number of hydrogen-bond donors (Lipinski definition) is 2. The third-order valence-electron chi connectivity index (χ3n) is 2.35. The molecule has 1 aromatic heterocycles. The number of hydrogen-bond acceptors (Lipinski definition) is 3. The van der Waals surface area contributed by atoms with Crippen molar-refractivity contribution in [2.75, 3.05) is 13.1 Å². The molecular formula is C8H14N4. The van der Waals surface area contributed by atoms with E-state index in [4.69, 9.17) is 0 Å². The highest BCUT2D eigenvalue weighted by Crippen LogP contribution is 2.13. The van der Waals surface area contributed by atoms with Gasteiger partial charge in [0.25, 0.3) is 0 Å². The van der Waals surface area contributed by atoms with Crippen molar-refractivity contribution in [3.8, 4) is 0 Å². The molecule has 12 heavy (non-hydrogen) atoms. The Hall–Kier alpha value is -0.900. The highest BCUT2D eigenvalue weighted by Gasteiger charge is 2.14. The maximum atomic E-state index is 4.12. The van der Waals surface area contributed by atoms with Crippen LogP contribution < -0.4 is 5.32 Å². The molecule has 1 saturated heterocycles. The van der Waals surface area contributed by atoms with Crippen LogP contribution in [0.1, 0.15) is 18.7 Å². The monoisotopic (exact) mass is 166 g/mol. The van der Waals surface area contributed by atoms with Crippen molar-refractivity contribution < 1.29 is 0 Å². The Morgan fingerprint density at radius 1 is 1.58 bits per heavy atom. The second kappa shape index (κ2) is 3.67. The molecule has 0 aromatic carbocycles. The van der Waals surface area contributed by atoms with Gasteiger partial charge in [-0.2, -0.15) is 5.10 Å². The normalized spacial score (nSPS) is 24.2. The Bertz CT molecular complexity index is 213. The summed E-state index contributed by atoms with van der Waals surface area (Å²) >= 11 is 0. The lowest BCUT2D eigenvalue weighted by Gasteiger charge is -2.21. The van der Waals surface area contributed by atoms with E-state index in [0.29, 0.717) is 0 Å². The molecule has 2 N–H and O–H groups in total. The van der Waals surface area contributed by atoms with Gasteiger partial charge in [-0.1, -0.05) is 0 Å². The molecule has 1 aliphatic rings. The molecule has 1 atom stereocenters. The van der Waals surface area contributed by atoms with Gasteiger partial charge >= 0.3 is 0 Å². The van der Waals surface area contributed by atoms with Gasteiger partial charge in [-0.05, 0) is 31.8 Å². The number of piperidine rings is 1. The first kappa shape index (κ1) is 7.73. The lowest BCUT2D eigenvalue weighted by Crippen LogP contribution is -2.31. The molecule has 0 spiro atoms. The van der Waals surface area contributed by atoms with Crippen LogP contribution in [-0.4, -0.2) is 28.3 Å². The lowest BCUT2D eigenvalue weighted by molar-refractivity contribution is 0.371. The average molecular weight is 166 g/mol. The summed E-state index contributed by atoms with van der Waals surface area (Å²) < 4.78 is 0. The molecule has 4 nitrogen and oxygen atoms in total. The molecule has 0 saturated carbocycles. The summed E-state index contributed by atoms with van der Waals surface area (Å²) in [6, 6.07) is 0. The Morgan fingerprint density at radius 2 is 2.58 bits per heavy atom. The molecule has 4 heteroatoms. The molecule has 0 bridgehead atoms. The molecule has 1 fully saturated rings. The standard InChI is InChI=1S/C8H14N4/c1-2-7(5-9-3-1)4-8-10-6-11-12-8/h6-7,9H,1-5H2,(H,10,11,12). The van der Waals surface area contributed by atoms with Gasteiger partial charge in [0.1, 0.15) is 12.2 Å². The fraction of sp³-hybridized carbons (Fsp3) is 0.750. The largest absolute Gasteiger partial charge is 0.316 e. The number of aromatic amines is 1. The van der Waals surface area contributed by atoms with E-state index >= 15 is 0 Å². The van der Waals surface area contributed by atoms with Crippen LogP contribution in [0.2, 0.25) is 0 Å². The number of nitrogens with zero attached hydrogens (tertiary/aromatic N) is 2. The maximum Gasteiger partial charge on any atom is 0.137 e. The SMILES string of the molecule is c1n[nH]c(CC2CCCNC2)n1. The van der Waals surface area contributed by atoms with E-state index in [0.717, 1.165) is 24.7 Å². The molecule has 1 unspecified atom stereocenters. The molecule has 1 aliphatic heterocycles. The van der Waals surface area contributed by atoms with Crippen molar-refractivity contribution in [3.63, 3.8) is 0 Å². The van der Waals surface area contributed by atoms with Gasteiger partial charge in [-0.3, -0.25) is 5.10 Å². The molecular weight excluding hydrogens is 152 g/mol.